The first-order valence-corrected chi connectivity index (χ1v) is 10.0. The van der Waals surface area contributed by atoms with Gasteiger partial charge in [-0.1, -0.05) is 30.3 Å². The zero-order chi connectivity index (χ0) is 21.1. The second-order valence-corrected chi connectivity index (χ2v) is 7.51. The van der Waals surface area contributed by atoms with E-state index in [9.17, 15) is 14.4 Å². The number of hydrogen-bond donors (Lipinski definition) is 2. The Labute approximate surface area is 174 Å². The Bertz CT molecular complexity index is 1090. The topological polar surface area (TPSA) is 83.4 Å². The Kier molecular flexibility index (Phi) is 5.52. The van der Waals surface area contributed by atoms with Crippen molar-refractivity contribution in [1.29, 1.82) is 0 Å². The smallest absolute Gasteiger partial charge is 0.324 e. The number of hydrogen-bond acceptors (Lipinski definition) is 3. The van der Waals surface area contributed by atoms with E-state index in [0.717, 1.165) is 16.5 Å². The zero-order valence-electron chi connectivity index (χ0n) is 16.8. The SMILES string of the molecule is Cn1ccc2cc(NC(=O)CC[C@H]3NC(=O)N(CCc4ccccc4)C3=O)ccc21. The molecule has 4 rings (SSSR count). The van der Waals surface area contributed by atoms with E-state index in [1.165, 1.54) is 4.90 Å². The van der Waals surface area contributed by atoms with Gasteiger partial charge in [-0.15, -0.1) is 0 Å². The molecule has 2 heterocycles. The predicted molar refractivity (Wildman–Crippen MR) is 115 cm³/mol. The molecule has 0 spiro atoms. The van der Waals surface area contributed by atoms with E-state index in [2.05, 4.69) is 10.6 Å². The van der Waals surface area contributed by atoms with Crippen LogP contribution >= 0.6 is 0 Å². The first kappa shape index (κ1) is 19.7. The summed E-state index contributed by atoms with van der Waals surface area (Å²) in [7, 11) is 1.97. The van der Waals surface area contributed by atoms with Crippen molar-refractivity contribution in [3.63, 3.8) is 0 Å². The number of urea groups is 1. The Morgan fingerprint density at radius 2 is 1.90 bits per heavy atom. The molecule has 30 heavy (non-hydrogen) atoms. The highest BCUT2D eigenvalue weighted by Crippen LogP contribution is 2.20. The average Bonchev–Trinajstić information content (AvgIpc) is 3.24. The standard InChI is InChI=1S/C23H24N4O3/c1-26-13-12-17-15-18(7-9-20(17)26)24-21(28)10-8-19-22(29)27(23(30)25-19)14-11-16-5-3-2-4-6-16/h2-7,9,12-13,15,19H,8,10-11,14H2,1H3,(H,24,28)(H,25,30)/t19-/m1/s1. The molecule has 0 unspecified atom stereocenters. The van der Waals surface area contributed by atoms with Crippen LogP contribution in [-0.2, 0) is 23.1 Å². The number of nitrogens with one attached hydrogen (secondary N) is 2. The van der Waals surface area contributed by atoms with Gasteiger partial charge < -0.3 is 15.2 Å². The number of amides is 4. The Morgan fingerprint density at radius 3 is 2.70 bits per heavy atom. The lowest BCUT2D eigenvalue weighted by Gasteiger charge is -2.13. The number of aromatic nitrogens is 1. The number of rotatable bonds is 7. The van der Waals surface area contributed by atoms with Gasteiger partial charge >= 0.3 is 6.03 Å². The summed E-state index contributed by atoms with van der Waals surface area (Å²) in [6, 6.07) is 16.4. The van der Waals surface area contributed by atoms with Gasteiger partial charge in [-0.2, -0.15) is 0 Å². The highest BCUT2D eigenvalue weighted by Gasteiger charge is 2.37. The van der Waals surface area contributed by atoms with Gasteiger partial charge in [0, 0.05) is 42.8 Å². The summed E-state index contributed by atoms with van der Waals surface area (Å²) in [5.74, 6) is -0.454. The number of carbonyl (C=O) groups is 3. The second kappa shape index (κ2) is 8.41. The lowest BCUT2D eigenvalue weighted by atomic mass is 10.1. The maximum absolute atomic E-state index is 12.6. The number of benzene rings is 2. The monoisotopic (exact) mass is 404 g/mol. The molecular weight excluding hydrogens is 380 g/mol. The van der Waals surface area contributed by atoms with Gasteiger partial charge in [0.25, 0.3) is 5.91 Å². The second-order valence-electron chi connectivity index (χ2n) is 7.51. The highest BCUT2D eigenvalue weighted by atomic mass is 16.2. The molecule has 0 bridgehead atoms. The molecule has 4 amide bonds. The van der Waals surface area contributed by atoms with Crippen LogP contribution in [0.2, 0.25) is 0 Å². The molecule has 3 aromatic rings. The van der Waals surface area contributed by atoms with E-state index < -0.39 is 12.1 Å². The minimum absolute atomic E-state index is 0.149. The first-order chi connectivity index (χ1) is 14.5. The third kappa shape index (κ3) is 4.20. The van der Waals surface area contributed by atoms with E-state index in [4.69, 9.17) is 0 Å². The fraction of sp³-hybridized carbons (Fsp3) is 0.261. The van der Waals surface area contributed by atoms with Gasteiger partial charge in [-0.25, -0.2) is 4.79 Å². The largest absolute Gasteiger partial charge is 0.351 e. The molecule has 2 aromatic carbocycles. The van der Waals surface area contributed by atoms with Crippen LogP contribution in [0.1, 0.15) is 18.4 Å². The van der Waals surface area contributed by atoms with Crippen LogP contribution in [0.4, 0.5) is 10.5 Å². The minimum atomic E-state index is -0.657. The molecule has 1 aromatic heterocycles. The fourth-order valence-corrected chi connectivity index (χ4v) is 3.73. The lowest BCUT2D eigenvalue weighted by molar-refractivity contribution is -0.127. The molecule has 1 aliphatic rings. The summed E-state index contributed by atoms with van der Waals surface area (Å²) in [4.78, 5) is 38.3. The van der Waals surface area contributed by atoms with Gasteiger partial charge in [0.2, 0.25) is 5.91 Å². The van der Waals surface area contributed by atoms with Crippen LogP contribution in [-0.4, -0.2) is 39.9 Å². The number of aryl methyl sites for hydroxylation is 1. The summed E-state index contributed by atoms with van der Waals surface area (Å²) in [6.45, 7) is 0.328. The van der Waals surface area contributed by atoms with Gasteiger partial charge in [0.1, 0.15) is 6.04 Å². The van der Waals surface area contributed by atoms with Crippen LogP contribution in [0.5, 0.6) is 0 Å². The van der Waals surface area contributed by atoms with Crippen molar-refractivity contribution in [3.05, 3.63) is 66.4 Å². The molecule has 0 aliphatic carbocycles. The van der Waals surface area contributed by atoms with Crippen LogP contribution < -0.4 is 10.6 Å². The van der Waals surface area contributed by atoms with Gasteiger partial charge in [-0.05, 0) is 42.7 Å². The van der Waals surface area contributed by atoms with Crippen molar-refractivity contribution in [3.8, 4) is 0 Å². The van der Waals surface area contributed by atoms with Crippen molar-refractivity contribution < 1.29 is 14.4 Å². The number of imide groups is 1. The third-order valence-corrected chi connectivity index (χ3v) is 5.40. The van der Waals surface area contributed by atoms with E-state index in [-0.39, 0.29) is 24.7 Å². The quantitative estimate of drug-likeness (QED) is 0.594. The van der Waals surface area contributed by atoms with Crippen LogP contribution in [0.25, 0.3) is 10.9 Å². The van der Waals surface area contributed by atoms with Gasteiger partial charge in [0.05, 0.1) is 0 Å². The predicted octanol–water partition coefficient (Wildman–Crippen LogP) is 3.06. The molecule has 2 N–H and O–H groups in total. The number of nitrogens with zero attached hydrogens (tertiary/aromatic N) is 2. The molecule has 7 nitrogen and oxygen atoms in total. The normalized spacial score (nSPS) is 16.2. The first-order valence-electron chi connectivity index (χ1n) is 10.0. The molecule has 1 saturated heterocycles. The van der Waals surface area contributed by atoms with Crippen molar-refractivity contribution in [2.75, 3.05) is 11.9 Å². The molecule has 7 heteroatoms. The number of anilines is 1. The summed E-state index contributed by atoms with van der Waals surface area (Å²) in [5.41, 5.74) is 2.86. The summed E-state index contributed by atoms with van der Waals surface area (Å²) < 4.78 is 2.01. The highest BCUT2D eigenvalue weighted by molar-refractivity contribution is 6.04. The summed E-state index contributed by atoms with van der Waals surface area (Å²) >= 11 is 0. The van der Waals surface area contributed by atoms with Crippen molar-refractivity contribution >= 4 is 34.4 Å². The maximum atomic E-state index is 12.6. The maximum Gasteiger partial charge on any atom is 0.324 e. The molecule has 1 atom stereocenters. The van der Waals surface area contributed by atoms with Gasteiger partial charge in [0.15, 0.2) is 0 Å². The van der Waals surface area contributed by atoms with Crippen molar-refractivity contribution in [1.82, 2.24) is 14.8 Å². The van der Waals surface area contributed by atoms with E-state index in [0.29, 0.717) is 18.7 Å². The molecule has 1 fully saturated rings. The molecule has 0 radical (unpaired) electrons. The Hall–Kier alpha value is -3.61. The summed E-state index contributed by atoms with van der Waals surface area (Å²) in [6.07, 6.45) is 2.99. The lowest BCUT2D eigenvalue weighted by Crippen LogP contribution is -2.33. The van der Waals surface area contributed by atoms with Crippen molar-refractivity contribution in [2.24, 2.45) is 7.05 Å². The van der Waals surface area contributed by atoms with E-state index >= 15 is 0 Å². The van der Waals surface area contributed by atoms with Gasteiger partial charge in [-0.3, -0.25) is 14.5 Å². The fourth-order valence-electron chi connectivity index (χ4n) is 3.73. The van der Waals surface area contributed by atoms with Crippen LogP contribution in [0.15, 0.2) is 60.8 Å². The van der Waals surface area contributed by atoms with Crippen molar-refractivity contribution in [2.45, 2.75) is 25.3 Å². The van der Waals surface area contributed by atoms with Crippen LogP contribution in [0.3, 0.4) is 0 Å². The Morgan fingerprint density at radius 1 is 1.10 bits per heavy atom. The zero-order valence-corrected chi connectivity index (χ0v) is 16.8. The van der Waals surface area contributed by atoms with E-state index in [1.807, 2.05) is 72.4 Å². The average molecular weight is 404 g/mol. The Balaban J connectivity index is 1.29. The molecule has 154 valence electrons. The molecular formula is C23H24N4O3. The van der Waals surface area contributed by atoms with E-state index in [1.54, 1.807) is 0 Å². The number of carbonyl (C=O) groups excluding carboxylic acids is 3. The molecule has 1 aliphatic heterocycles. The summed E-state index contributed by atoms with van der Waals surface area (Å²) in [5, 5.41) is 6.60. The van der Waals surface area contributed by atoms with Crippen LogP contribution in [0, 0.1) is 0 Å². The number of fused-ring (bicyclic) bond motifs is 1. The molecule has 0 saturated carbocycles. The minimum Gasteiger partial charge on any atom is -0.351 e. The third-order valence-electron chi connectivity index (χ3n) is 5.40.